The predicted octanol–water partition coefficient (Wildman–Crippen LogP) is -0.304. The third kappa shape index (κ3) is 2.69. The number of nitrogens with zero attached hydrogens (tertiary/aromatic N) is 1. The molecular weight excluding hydrogens is 172 g/mol. The molecule has 2 N–H and O–H groups in total. The van der Waals surface area contributed by atoms with Crippen LogP contribution in [0.2, 0.25) is 0 Å². The Hall–Kier alpha value is -1.10. The van der Waals surface area contributed by atoms with Gasteiger partial charge in [-0.1, -0.05) is 0 Å². The van der Waals surface area contributed by atoms with E-state index in [1.54, 1.807) is 6.92 Å². The SMILES string of the molecule is CCOC(=O)[C@H]1CN=C(CCN)O1. The van der Waals surface area contributed by atoms with E-state index in [-0.39, 0.29) is 5.97 Å². The predicted molar refractivity (Wildman–Crippen MR) is 47.5 cm³/mol. The van der Waals surface area contributed by atoms with E-state index in [9.17, 15) is 4.79 Å². The molecule has 0 aromatic carbocycles. The molecule has 0 spiro atoms. The van der Waals surface area contributed by atoms with Crippen LogP contribution in [0.25, 0.3) is 0 Å². The van der Waals surface area contributed by atoms with Crippen LogP contribution in [-0.2, 0) is 14.3 Å². The van der Waals surface area contributed by atoms with Gasteiger partial charge in [-0.15, -0.1) is 0 Å². The van der Waals surface area contributed by atoms with Crippen molar-refractivity contribution in [3.8, 4) is 0 Å². The standard InChI is InChI=1S/C8H14N2O3/c1-2-12-8(11)6-5-10-7(13-6)3-4-9/h6H,2-5,9H2,1H3/t6-/m1/s1. The molecule has 5 heteroatoms. The molecule has 0 radical (unpaired) electrons. The van der Waals surface area contributed by atoms with Gasteiger partial charge in [0.15, 0.2) is 5.90 Å². The van der Waals surface area contributed by atoms with Crippen LogP contribution in [0.5, 0.6) is 0 Å². The fraction of sp³-hybridized carbons (Fsp3) is 0.750. The third-order valence-corrected chi connectivity index (χ3v) is 1.62. The molecule has 0 unspecified atom stereocenters. The molecule has 74 valence electrons. The number of rotatable bonds is 4. The summed E-state index contributed by atoms with van der Waals surface area (Å²) in [6, 6.07) is 0. The molecule has 1 atom stereocenters. The zero-order valence-corrected chi connectivity index (χ0v) is 7.66. The van der Waals surface area contributed by atoms with Crippen molar-refractivity contribution >= 4 is 11.9 Å². The normalized spacial score (nSPS) is 20.8. The minimum atomic E-state index is -0.554. The van der Waals surface area contributed by atoms with Crippen molar-refractivity contribution in [2.75, 3.05) is 19.7 Å². The Morgan fingerprint density at radius 3 is 3.23 bits per heavy atom. The maximum Gasteiger partial charge on any atom is 0.349 e. The highest BCUT2D eigenvalue weighted by Crippen LogP contribution is 2.08. The van der Waals surface area contributed by atoms with Crippen LogP contribution in [0.4, 0.5) is 0 Å². The molecule has 0 saturated carbocycles. The first-order chi connectivity index (χ1) is 6.27. The number of nitrogens with two attached hydrogens (primary N) is 1. The van der Waals surface area contributed by atoms with Crippen LogP contribution < -0.4 is 5.73 Å². The van der Waals surface area contributed by atoms with Gasteiger partial charge >= 0.3 is 5.97 Å². The minimum absolute atomic E-state index is 0.349. The Morgan fingerprint density at radius 2 is 2.62 bits per heavy atom. The van der Waals surface area contributed by atoms with E-state index < -0.39 is 6.10 Å². The maximum absolute atomic E-state index is 11.1. The first-order valence-electron chi connectivity index (χ1n) is 4.34. The van der Waals surface area contributed by atoms with Crippen LogP contribution in [0.15, 0.2) is 4.99 Å². The summed E-state index contributed by atoms with van der Waals surface area (Å²) in [5.41, 5.74) is 5.31. The smallest absolute Gasteiger partial charge is 0.349 e. The lowest BCUT2D eigenvalue weighted by molar-refractivity contribution is -0.150. The van der Waals surface area contributed by atoms with Gasteiger partial charge in [0, 0.05) is 13.0 Å². The van der Waals surface area contributed by atoms with Crippen molar-refractivity contribution in [3.63, 3.8) is 0 Å². The van der Waals surface area contributed by atoms with E-state index in [4.69, 9.17) is 15.2 Å². The van der Waals surface area contributed by atoms with Crippen molar-refractivity contribution in [3.05, 3.63) is 0 Å². The number of esters is 1. The molecule has 5 nitrogen and oxygen atoms in total. The lowest BCUT2D eigenvalue weighted by atomic mass is 10.4. The van der Waals surface area contributed by atoms with Gasteiger partial charge in [-0.05, 0) is 6.92 Å². The maximum atomic E-state index is 11.1. The number of ether oxygens (including phenoxy) is 2. The van der Waals surface area contributed by atoms with Crippen LogP contribution in [0.1, 0.15) is 13.3 Å². The molecule has 0 aromatic heterocycles. The molecular formula is C8H14N2O3. The average Bonchev–Trinajstić information content (AvgIpc) is 2.54. The Morgan fingerprint density at radius 1 is 1.85 bits per heavy atom. The largest absolute Gasteiger partial charge is 0.464 e. The van der Waals surface area contributed by atoms with E-state index in [2.05, 4.69) is 4.99 Å². The average molecular weight is 186 g/mol. The summed E-state index contributed by atoms with van der Waals surface area (Å²) in [7, 11) is 0. The fourth-order valence-electron chi connectivity index (χ4n) is 1.04. The summed E-state index contributed by atoms with van der Waals surface area (Å²) in [4.78, 5) is 15.2. The zero-order chi connectivity index (χ0) is 9.68. The molecule has 0 saturated heterocycles. The molecule has 0 amide bonds. The summed E-state index contributed by atoms with van der Waals surface area (Å²) < 4.78 is 10.00. The van der Waals surface area contributed by atoms with Crippen molar-refractivity contribution in [2.24, 2.45) is 10.7 Å². The molecule has 0 aliphatic carbocycles. The molecule has 0 aromatic rings. The van der Waals surface area contributed by atoms with Crippen molar-refractivity contribution < 1.29 is 14.3 Å². The zero-order valence-electron chi connectivity index (χ0n) is 7.66. The molecule has 1 aliphatic heterocycles. The fourth-order valence-corrected chi connectivity index (χ4v) is 1.04. The first kappa shape index (κ1) is 9.98. The topological polar surface area (TPSA) is 73.9 Å². The van der Waals surface area contributed by atoms with Crippen molar-refractivity contribution in [1.29, 1.82) is 0 Å². The van der Waals surface area contributed by atoms with Gasteiger partial charge in [0.1, 0.15) is 0 Å². The second-order valence-electron chi connectivity index (χ2n) is 2.63. The number of hydrogen-bond acceptors (Lipinski definition) is 5. The van der Waals surface area contributed by atoms with Gasteiger partial charge in [-0.2, -0.15) is 0 Å². The number of carbonyl (C=O) groups excluding carboxylic acids is 1. The summed E-state index contributed by atoms with van der Waals surface area (Å²) in [6.07, 6.45) is 0.0251. The Balaban J connectivity index is 2.32. The number of carbonyl (C=O) groups is 1. The molecule has 0 fully saturated rings. The third-order valence-electron chi connectivity index (χ3n) is 1.62. The second-order valence-corrected chi connectivity index (χ2v) is 2.63. The van der Waals surface area contributed by atoms with Crippen molar-refractivity contribution in [2.45, 2.75) is 19.4 Å². The second kappa shape index (κ2) is 4.81. The minimum Gasteiger partial charge on any atom is -0.464 e. The van der Waals surface area contributed by atoms with E-state index in [1.807, 2.05) is 0 Å². The summed E-state index contributed by atoms with van der Waals surface area (Å²) in [5.74, 6) is 0.207. The summed E-state index contributed by atoms with van der Waals surface area (Å²) >= 11 is 0. The van der Waals surface area contributed by atoms with E-state index in [0.717, 1.165) is 0 Å². The van der Waals surface area contributed by atoms with Crippen LogP contribution >= 0.6 is 0 Å². The van der Waals surface area contributed by atoms with Gasteiger partial charge in [-0.25, -0.2) is 4.79 Å². The van der Waals surface area contributed by atoms with Gasteiger partial charge in [0.25, 0.3) is 0 Å². The monoisotopic (exact) mass is 186 g/mol. The van der Waals surface area contributed by atoms with Gasteiger partial charge < -0.3 is 15.2 Å². The van der Waals surface area contributed by atoms with Gasteiger partial charge in [0.05, 0.1) is 13.2 Å². The highest BCUT2D eigenvalue weighted by Gasteiger charge is 2.27. The van der Waals surface area contributed by atoms with Gasteiger partial charge in [-0.3, -0.25) is 4.99 Å². The highest BCUT2D eigenvalue weighted by molar-refractivity contribution is 5.85. The van der Waals surface area contributed by atoms with Gasteiger partial charge in [0.2, 0.25) is 6.10 Å². The summed E-state index contributed by atoms with van der Waals surface area (Å²) in [6.45, 7) is 2.96. The Labute approximate surface area is 76.9 Å². The lowest BCUT2D eigenvalue weighted by Crippen LogP contribution is -2.27. The molecule has 1 heterocycles. The molecule has 0 bridgehead atoms. The Kier molecular flexibility index (Phi) is 3.70. The molecule has 1 rings (SSSR count). The van der Waals surface area contributed by atoms with Crippen LogP contribution in [-0.4, -0.2) is 37.7 Å². The van der Waals surface area contributed by atoms with Crippen molar-refractivity contribution in [1.82, 2.24) is 0 Å². The van der Waals surface area contributed by atoms with E-state index in [1.165, 1.54) is 0 Å². The number of hydrogen-bond donors (Lipinski definition) is 1. The highest BCUT2D eigenvalue weighted by atomic mass is 16.6. The number of aliphatic imine (C=N–C) groups is 1. The van der Waals surface area contributed by atoms with E-state index in [0.29, 0.717) is 32.0 Å². The Bertz CT molecular complexity index is 215. The quantitative estimate of drug-likeness (QED) is 0.611. The van der Waals surface area contributed by atoms with Crippen LogP contribution in [0, 0.1) is 0 Å². The first-order valence-corrected chi connectivity index (χ1v) is 4.34. The lowest BCUT2D eigenvalue weighted by Gasteiger charge is -2.09. The van der Waals surface area contributed by atoms with E-state index >= 15 is 0 Å². The summed E-state index contributed by atoms with van der Waals surface area (Å²) in [5, 5.41) is 0. The molecule has 1 aliphatic rings. The molecule has 13 heavy (non-hydrogen) atoms. The van der Waals surface area contributed by atoms with Crippen LogP contribution in [0.3, 0.4) is 0 Å².